The molecule has 1 saturated heterocycles. The molecule has 0 atom stereocenters. The maximum atomic E-state index is 12.7. The molecule has 0 bridgehead atoms. The Bertz CT molecular complexity index is 718. The van der Waals surface area contributed by atoms with Crippen LogP contribution in [0.25, 0.3) is 0 Å². The molecule has 5 nitrogen and oxygen atoms in total. The highest BCUT2D eigenvalue weighted by atomic mass is 32.1. The fourth-order valence-corrected chi connectivity index (χ4v) is 4.97. The van der Waals surface area contributed by atoms with Crippen molar-refractivity contribution in [3.63, 3.8) is 0 Å². The quantitative estimate of drug-likeness (QED) is 0.869. The SMILES string of the molecule is O=C(NCC1CCN(c2ccncc2)CC1)c1scnc1C1CCCC1. The minimum atomic E-state index is 0.0750. The topological polar surface area (TPSA) is 58.1 Å². The van der Waals surface area contributed by atoms with Gasteiger partial charge in [-0.15, -0.1) is 11.3 Å². The molecular weight excluding hydrogens is 344 g/mol. The van der Waals surface area contributed by atoms with Crippen molar-refractivity contribution in [1.29, 1.82) is 0 Å². The molecule has 0 spiro atoms. The van der Waals surface area contributed by atoms with Crippen LogP contribution in [0, 0.1) is 5.92 Å². The van der Waals surface area contributed by atoms with Crippen LogP contribution in [0.3, 0.4) is 0 Å². The van der Waals surface area contributed by atoms with E-state index in [1.165, 1.54) is 42.7 Å². The summed E-state index contributed by atoms with van der Waals surface area (Å²) in [6, 6.07) is 4.13. The Kier molecular flexibility index (Phi) is 5.48. The van der Waals surface area contributed by atoms with Gasteiger partial charge in [-0.2, -0.15) is 0 Å². The van der Waals surface area contributed by atoms with E-state index in [0.29, 0.717) is 11.8 Å². The van der Waals surface area contributed by atoms with Crippen LogP contribution in [0.1, 0.15) is 59.8 Å². The van der Waals surface area contributed by atoms with E-state index in [4.69, 9.17) is 0 Å². The Morgan fingerprint density at radius 1 is 1.15 bits per heavy atom. The van der Waals surface area contributed by atoms with Gasteiger partial charge < -0.3 is 10.2 Å². The maximum Gasteiger partial charge on any atom is 0.263 e. The van der Waals surface area contributed by atoms with E-state index in [0.717, 1.165) is 43.0 Å². The van der Waals surface area contributed by atoms with Crippen LogP contribution >= 0.6 is 11.3 Å². The van der Waals surface area contributed by atoms with E-state index in [1.54, 1.807) is 0 Å². The van der Waals surface area contributed by atoms with Gasteiger partial charge in [0.1, 0.15) is 4.88 Å². The molecule has 1 aliphatic heterocycles. The third-order valence-electron chi connectivity index (χ3n) is 5.74. The molecular formula is C20H26N4OS. The first-order chi connectivity index (χ1) is 12.8. The molecule has 2 aromatic heterocycles. The number of amides is 1. The molecule has 0 radical (unpaired) electrons. The number of aromatic nitrogens is 2. The van der Waals surface area contributed by atoms with Gasteiger partial charge in [0.25, 0.3) is 5.91 Å². The van der Waals surface area contributed by atoms with Gasteiger partial charge in [0.05, 0.1) is 11.2 Å². The van der Waals surface area contributed by atoms with E-state index in [1.807, 2.05) is 17.9 Å². The average molecular weight is 371 g/mol. The summed E-state index contributed by atoms with van der Waals surface area (Å²) in [6.45, 7) is 2.85. The van der Waals surface area contributed by atoms with Crippen molar-refractivity contribution in [2.24, 2.45) is 5.92 Å². The first-order valence-electron chi connectivity index (χ1n) is 9.68. The standard InChI is InChI=1S/C20H26N4OS/c25-20(19-18(23-14-26-19)16-3-1-2-4-16)22-13-15-7-11-24(12-8-15)17-5-9-21-10-6-17/h5-6,9-10,14-16H,1-4,7-8,11-13H2,(H,22,25). The summed E-state index contributed by atoms with van der Waals surface area (Å²) < 4.78 is 0. The molecule has 3 heterocycles. The molecule has 1 N–H and O–H groups in total. The monoisotopic (exact) mass is 370 g/mol. The lowest BCUT2D eigenvalue weighted by Gasteiger charge is -2.33. The Balaban J connectivity index is 1.27. The van der Waals surface area contributed by atoms with Crippen LogP contribution in [0.5, 0.6) is 0 Å². The second-order valence-electron chi connectivity index (χ2n) is 7.39. The number of pyridine rings is 1. The van der Waals surface area contributed by atoms with E-state index < -0.39 is 0 Å². The Morgan fingerprint density at radius 2 is 1.88 bits per heavy atom. The Hall–Kier alpha value is -1.95. The second-order valence-corrected chi connectivity index (χ2v) is 8.25. The van der Waals surface area contributed by atoms with Crippen LogP contribution in [0.15, 0.2) is 30.0 Å². The number of carbonyl (C=O) groups excluding carboxylic acids is 1. The van der Waals surface area contributed by atoms with Gasteiger partial charge in [-0.25, -0.2) is 4.98 Å². The summed E-state index contributed by atoms with van der Waals surface area (Å²) in [4.78, 5) is 24.5. The number of thiazole rings is 1. The zero-order chi connectivity index (χ0) is 17.8. The van der Waals surface area contributed by atoms with Gasteiger partial charge in [-0.1, -0.05) is 12.8 Å². The molecule has 6 heteroatoms. The van der Waals surface area contributed by atoms with Crippen molar-refractivity contribution in [1.82, 2.24) is 15.3 Å². The molecule has 0 unspecified atom stereocenters. The summed E-state index contributed by atoms with van der Waals surface area (Å²) in [5, 5.41) is 3.18. The summed E-state index contributed by atoms with van der Waals surface area (Å²) in [6.07, 6.45) is 10.8. The maximum absolute atomic E-state index is 12.7. The molecule has 138 valence electrons. The third kappa shape index (κ3) is 3.90. The number of anilines is 1. The lowest BCUT2D eigenvalue weighted by molar-refractivity contribution is 0.0947. The number of nitrogens with zero attached hydrogens (tertiary/aromatic N) is 3. The highest BCUT2D eigenvalue weighted by Crippen LogP contribution is 2.36. The van der Waals surface area contributed by atoms with E-state index in [-0.39, 0.29) is 5.91 Å². The molecule has 4 rings (SSSR count). The van der Waals surface area contributed by atoms with Crippen LogP contribution in [-0.2, 0) is 0 Å². The van der Waals surface area contributed by atoms with E-state index in [2.05, 4.69) is 32.3 Å². The predicted molar refractivity (Wildman–Crippen MR) is 105 cm³/mol. The zero-order valence-corrected chi connectivity index (χ0v) is 15.9. The lowest BCUT2D eigenvalue weighted by atomic mass is 9.96. The van der Waals surface area contributed by atoms with Gasteiger partial charge in [0, 0.05) is 43.6 Å². The minimum absolute atomic E-state index is 0.0750. The number of hydrogen-bond donors (Lipinski definition) is 1. The normalized spacial score (nSPS) is 19.0. The molecule has 0 aromatic carbocycles. The number of carbonyl (C=O) groups is 1. The number of nitrogens with one attached hydrogen (secondary N) is 1. The largest absolute Gasteiger partial charge is 0.371 e. The summed E-state index contributed by atoms with van der Waals surface area (Å²) in [7, 11) is 0. The Labute approximate surface area is 158 Å². The zero-order valence-electron chi connectivity index (χ0n) is 15.1. The highest BCUT2D eigenvalue weighted by molar-refractivity contribution is 7.11. The fraction of sp³-hybridized carbons (Fsp3) is 0.550. The second kappa shape index (κ2) is 8.16. The summed E-state index contributed by atoms with van der Waals surface area (Å²) >= 11 is 1.49. The van der Waals surface area contributed by atoms with Gasteiger partial charge in [-0.3, -0.25) is 9.78 Å². The van der Waals surface area contributed by atoms with E-state index in [9.17, 15) is 4.79 Å². The highest BCUT2D eigenvalue weighted by Gasteiger charge is 2.26. The summed E-state index contributed by atoms with van der Waals surface area (Å²) in [5.41, 5.74) is 4.11. The van der Waals surface area contributed by atoms with Gasteiger partial charge >= 0.3 is 0 Å². The molecule has 2 fully saturated rings. The molecule has 2 aromatic rings. The number of hydrogen-bond acceptors (Lipinski definition) is 5. The third-order valence-corrected chi connectivity index (χ3v) is 6.58. The van der Waals surface area contributed by atoms with E-state index >= 15 is 0 Å². The first-order valence-corrected chi connectivity index (χ1v) is 10.6. The van der Waals surface area contributed by atoms with Crippen LogP contribution in [-0.4, -0.2) is 35.5 Å². The molecule has 1 amide bonds. The molecule has 1 saturated carbocycles. The van der Waals surface area contributed by atoms with Crippen LogP contribution in [0.4, 0.5) is 5.69 Å². The number of piperidine rings is 1. The smallest absolute Gasteiger partial charge is 0.263 e. The molecule has 1 aliphatic carbocycles. The van der Waals surface area contributed by atoms with Crippen molar-refractivity contribution >= 4 is 22.9 Å². The minimum Gasteiger partial charge on any atom is -0.371 e. The Morgan fingerprint density at radius 3 is 2.62 bits per heavy atom. The number of rotatable bonds is 5. The van der Waals surface area contributed by atoms with Gasteiger partial charge in [-0.05, 0) is 43.7 Å². The predicted octanol–water partition coefficient (Wildman–Crippen LogP) is 3.84. The van der Waals surface area contributed by atoms with Gasteiger partial charge in [0.2, 0.25) is 0 Å². The summed E-state index contributed by atoms with van der Waals surface area (Å²) in [5.74, 6) is 1.12. The average Bonchev–Trinajstić information content (AvgIpc) is 3.38. The van der Waals surface area contributed by atoms with Crippen molar-refractivity contribution in [2.45, 2.75) is 44.4 Å². The van der Waals surface area contributed by atoms with Crippen LogP contribution < -0.4 is 10.2 Å². The lowest BCUT2D eigenvalue weighted by Crippen LogP contribution is -2.38. The van der Waals surface area contributed by atoms with Crippen molar-refractivity contribution < 1.29 is 4.79 Å². The first kappa shape index (κ1) is 17.5. The van der Waals surface area contributed by atoms with Crippen molar-refractivity contribution in [2.75, 3.05) is 24.5 Å². The van der Waals surface area contributed by atoms with Crippen LogP contribution in [0.2, 0.25) is 0 Å². The van der Waals surface area contributed by atoms with Crippen molar-refractivity contribution in [3.05, 3.63) is 40.6 Å². The van der Waals surface area contributed by atoms with Crippen molar-refractivity contribution in [3.8, 4) is 0 Å². The molecule has 26 heavy (non-hydrogen) atoms. The fourth-order valence-electron chi connectivity index (χ4n) is 4.18. The molecule has 2 aliphatic rings. The van der Waals surface area contributed by atoms with Gasteiger partial charge in [0.15, 0.2) is 0 Å².